The van der Waals surface area contributed by atoms with Crippen LogP contribution < -0.4 is 15.1 Å². The van der Waals surface area contributed by atoms with Gasteiger partial charge in [0.2, 0.25) is 0 Å². The second-order valence-corrected chi connectivity index (χ2v) is 7.05. The first-order valence-corrected chi connectivity index (χ1v) is 9.20. The van der Waals surface area contributed by atoms with E-state index in [1.165, 1.54) is 6.07 Å². The first-order valence-electron chi connectivity index (χ1n) is 8.82. The number of nitrogens with zero attached hydrogens (tertiary/aromatic N) is 2. The molecule has 7 nitrogen and oxygen atoms in total. The molecule has 1 saturated heterocycles. The third-order valence-electron chi connectivity index (χ3n) is 4.79. The summed E-state index contributed by atoms with van der Waals surface area (Å²) in [6, 6.07) is 12.5. The van der Waals surface area contributed by atoms with Crippen LogP contribution in [0.3, 0.4) is 0 Å². The highest BCUT2D eigenvalue weighted by molar-refractivity contribution is 6.33. The number of aryl methyl sites for hydroxylation is 1. The van der Waals surface area contributed by atoms with Crippen LogP contribution in [0.15, 0.2) is 42.5 Å². The van der Waals surface area contributed by atoms with Crippen LogP contribution in [-0.4, -0.2) is 43.6 Å². The van der Waals surface area contributed by atoms with Crippen LogP contribution in [0.25, 0.3) is 0 Å². The molecule has 8 heteroatoms. The highest BCUT2D eigenvalue weighted by Gasteiger charge is 2.25. The van der Waals surface area contributed by atoms with Crippen LogP contribution in [0.2, 0.25) is 5.02 Å². The number of para-hydroxylation sites is 2. The van der Waals surface area contributed by atoms with E-state index in [0.29, 0.717) is 5.56 Å². The molecule has 0 aromatic heterocycles. The van der Waals surface area contributed by atoms with Crippen molar-refractivity contribution < 1.29 is 14.6 Å². The van der Waals surface area contributed by atoms with Gasteiger partial charge in [0.15, 0.2) is 6.54 Å². The minimum atomic E-state index is -0.474. The number of hydrogen-bond acceptors (Lipinski definition) is 4. The maximum absolute atomic E-state index is 12.4. The maximum atomic E-state index is 12.4. The van der Waals surface area contributed by atoms with E-state index in [1.807, 2.05) is 24.3 Å². The van der Waals surface area contributed by atoms with Gasteiger partial charge in [0.1, 0.15) is 5.69 Å². The number of benzene rings is 2. The quantitative estimate of drug-likeness (QED) is 0.604. The Morgan fingerprint density at radius 1 is 1.22 bits per heavy atom. The first kappa shape index (κ1) is 19.1. The smallest absolute Gasteiger partial charge is 0.293 e. The van der Waals surface area contributed by atoms with Crippen LogP contribution in [0.5, 0.6) is 0 Å². The van der Waals surface area contributed by atoms with Crippen LogP contribution in [-0.2, 0) is 4.79 Å². The molecule has 0 unspecified atom stereocenters. The van der Waals surface area contributed by atoms with Gasteiger partial charge < -0.3 is 15.1 Å². The van der Waals surface area contributed by atoms with Gasteiger partial charge in [0, 0.05) is 6.07 Å². The Morgan fingerprint density at radius 2 is 1.93 bits per heavy atom. The molecule has 1 aliphatic rings. The standard InChI is InChI=1S/C19H21ClN4O3/c1-14-5-4-8-17(24(26)27)19(14)21-18(25)13-22-9-11-23(12-10-22)16-7-3-2-6-15(16)20/h2-8H,9-13H2,1H3,(H,21,25)/p+1. The normalized spacial score (nSPS) is 14.8. The molecule has 0 atom stereocenters. The molecule has 27 heavy (non-hydrogen) atoms. The Kier molecular flexibility index (Phi) is 5.93. The molecule has 1 fully saturated rings. The topological polar surface area (TPSA) is 79.9 Å². The molecule has 2 aromatic carbocycles. The van der Waals surface area contributed by atoms with Crippen molar-refractivity contribution in [2.75, 3.05) is 42.9 Å². The Labute approximate surface area is 162 Å². The molecule has 0 bridgehead atoms. The minimum Gasteiger partial charge on any atom is -0.359 e. The fourth-order valence-corrected chi connectivity index (χ4v) is 3.58. The molecule has 0 spiro atoms. The zero-order valence-corrected chi connectivity index (χ0v) is 15.8. The van der Waals surface area contributed by atoms with Crippen molar-refractivity contribution in [2.45, 2.75) is 6.92 Å². The molecule has 0 radical (unpaired) electrons. The van der Waals surface area contributed by atoms with Gasteiger partial charge in [0.05, 0.1) is 41.8 Å². The number of quaternary nitrogens is 1. The van der Waals surface area contributed by atoms with Crippen molar-refractivity contribution in [1.82, 2.24) is 0 Å². The van der Waals surface area contributed by atoms with E-state index in [4.69, 9.17) is 11.6 Å². The number of carbonyl (C=O) groups is 1. The van der Waals surface area contributed by atoms with Crippen molar-refractivity contribution in [3.8, 4) is 0 Å². The number of halogens is 1. The number of nitrogens with one attached hydrogen (secondary N) is 2. The van der Waals surface area contributed by atoms with Crippen molar-refractivity contribution in [2.24, 2.45) is 0 Å². The molecule has 1 amide bonds. The largest absolute Gasteiger partial charge is 0.359 e. The number of carbonyl (C=O) groups excluding carboxylic acids is 1. The van der Waals surface area contributed by atoms with Crippen molar-refractivity contribution >= 4 is 34.6 Å². The van der Waals surface area contributed by atoms with Gasteiger partial charge in [-0.25, -0.2) is 0 Å². The number of amides is 1. The van der Waals surface area contributed by atoms with E-state index in [1.54, 1.807) is 19.1 Å². The van der Waals surface area contributed by atoms with E-state index in [0.717, 1.165) is 41.8 Å². The summed E-state index contributed by atoms with van der Waals surface area (Å²) < 4.78 is 0. The zero-order valence-electron chi connectivity index (χ0n) is 15.1. The lowest BCUT2D eigenvalue weighted by Crippen LogP contribution is -3.15. The van der Waals surface area contributed by atoms with E-state index >= 15 is 0 Å². The highest BCUT2D eigenvalue weighted by Crippen LogP contribution is 2.27. The summed E-state index contributed by atoms with van der Waals surface area (Å²) in [6.45, 7) is 5.23. The highest BCUT2D eigenvalue weighted by atomic mass is 35.5. The molecule has 2 aromatic rings. The third kappa shape index (κ3) is 4.56. The van der Waals surface area contributed by atoms with Crippen LogP contribution in [0.4, 0.5) is 17.1 Å². The molecule has 1 aliphatic heterocycles. The van der Waals surface area contributed by atoms with Gasteiger partial charge in [0.25, 0.3) is 11.6 Å². The lowest BCUT2D eigenvalue weighted by Gasteiger charge is -2.33. The number of rotatable bonds is 5. The third-order valence-corrected chi connectivity index (χ3v) is 5.11. The van der Waals surface area contributed by atoms with Crippen LogP contribution in [0.1, 0.15) is 5.56 Å². The molecule has 3 rings (SSSR count). The van der Waals surface area contributed by atoms with Gasteiger partial charge >= 0.3 is 0 Å². The van der Waals surface area contributed by atoms with Crippen molar-refractivity contribution in [1.29, 1.82) is 0 Å². The summed E-state index contributed by atoms with van der Waals surface area (Å²) in [5, 5.41) is 14.6. The summed E-state index contributed by atoms with van der Waals surface area (Å²) in [6.07, 6.45) is 0. The Balaban J connectivity index is 1.58. The summed E-state index contributed by atoms with van der Waals surface area (Å²) in [4.78, 5) is 26.5. The molecular formula is C19H22ClN4O3+. The van der Waals surface area contributed by atoms with Gasteiger partial charge in [-0.3, -0.25) is 14.9 Å². The number of hydrogen-bond donors (Lipinski definition) is 2. The average molecular weight is 390 g/mol. The number of anilines is 2. The molecule has 0 saturated carbocycles. The predicted molar refractivity (Wildman–Crippen MR) is 106 cm³/mol. The van der Waals surface area contributed by atoms with Gasteiger partial charge in [-0.05, 0) is 24.6 Å². The van der Waals surface area contributed by atoms with Crippen molar-refractivity contribution in [3.05, 3.63) is 63.2 Å². The van der Waals surface area contributed by atoms with Crippen LogP contribution >= 0.6 is 11.6 Å². The fourth-order valence-electron chi connectivity index (χ4n) is 3.33. The van der Waals surface area contributed by atoms with Gasteiger partial charge in [-0.1, -0.05) is 35.9 Å². The summed E-state index contributed by atoms with van der Waals surface area (Å²) >= 11 is 6.26. The van der Waals surface area contributed by atoms with Gasteiger partial charge in [-0.15, -0.1) is 0 Å². The molecular weight excluding hydrogens is 368 g/mol. The monoisotopic (exact) mass is 389 g/mol. The Bertz CT molecular complexity index is 851. The second kappa shape index (κ2) is 8.37. The molecule has 2 N–H and O–H groups in total. The zero-order chi connectivity index (χ0) is 19.4. The lowest BCUT2D eigenvalue weighted by atomic mass is 10.1. The second-order valence-electron chi connectivity index (χ2n) is 6.64. The van der Waals surface area contributed by atoms with E-state index in [2.05, 4.69) is 10.2 Å². The number of piperazine rings is 1. The molecule has 1 heterocycles. The fraction of sp³-hybridized carbons (Fsp3) is 0.316. The van der Waals surface area contributed by atoms with E-state index < -0.39 is 4.92 Å². The maximum Gasteiger partial charge on any atom is 0.293 e. The van der Waals surface area contributed by atoms with E-state index in [9.17, 15) is 14.9 Å². The minimum absolute atomic E-state index is 0.0816. The van der Waals surface area contributed by atoms with Crippen molar-refractivity contribution in [3.63, 3.8) is 0 Å². The summed E-state index contributed by atoms with van der Waals surface area (Å²) in [7, 11) is 0. The number of nitro groups is 1. The van der Waals surface area contributed by atoms with E-state index in [-0.39, 0.29) is 23.8 Å². The Hall–Kier alpha value is -2.64. The molecule has 142 valence electrons. The van der Waals surface area contributed by atoms with Gasteiger partial charge in [-0.2, -0.15) is 0 Å². The summed E-state index contributed by atoms with van der Waals surface area (Å²) in [5.74, 6) is -0.214. The average Bonchev–Trinajstić information content (AvgIpc) is 2.64. The predicted octanol–water partition coefficient (Wildman–Crippen LogP) is 1.90. The SMILES string of the molecule is Cc1cccc([N+](=O)[O-])c1NC(=O)C[NH+]1CCN(c2ccccc2Cl)CC1. The molecule has 0 aliphatic carbocycles. The van der Waals surface area contributed by atoms with Crippen LogP contribution in [0, 0.1) is 17.0 Å². The first-order chi connectivity index (χ1) is 13.0. The summed E-state index contributed by atoms with van der Waals surface area (Å²) in [5.41, 5.74) is 1.89. The number of nitro benzene ring substituents is 1. The Morgan fingerprint density at radius 3 is 2.59 bits per heavy atom. The lowest BCUT2D eigenvalue weighted by molar-refractivity contribution is -0.892.